The Hall–Kier alpha value is -3.94. The Labute approximate surface area is 177 Å². The first kappa shape index (κ1) is 20.3. The second-order valence-corrected chi connectivity index (χ2v) is 7.39. The summed E-state index contributed by atoms with van der Waals surface area (Å²) in [5.74, 6) is 0.551. The summed E-state index contributed by atoms with van der Waals surface area (Å²) in [5.41, 5.74) is 0.261. The van der Waals surface area contributed by atoms with E-state index in [4.69, 9.17) is 9.15 Å². The summed E-state index contributed by atoms with van der Waals surface area (Å²) in [6, 6.07) is 15.0. The highest BCUT2D eigenvalue weighted by Crippen LogP contribution is 2.19. The molecule has 4 aromatic rings. The molecule has 0 bridgehead atoms. The summed E-state index contributed by atoms with van der Waals surface area (Å²) in [6.45, 7) is 3.69. The predicted molar refractivity (Wildman–Crippen MR) is 116 cm³/mol. The van der Waals surface area contributed by atoms with Crippen LogP contribution in [0.1, 0.15) is 19.7 Å². The number of amides is 1. The maximum absolute atomic E-state index is 12.8. The third-order valence-corrected chi connectivity index (χ3v) is 4.88. The Bertz CT molecular complexity index is 1370. The van der Waals surface area contributed by atoms with Crippen molar-refractivity contribution in [1.29, 1.82) is 0 Å². The van der Waals surface area contributed by atoms with Gasteiger partial charge in [-0.05, 0) is 44.2 Å². The van der Waals surface area contributed by atoms with Crippen LogP contribution in [0.3, 0.4) is 0 Å². The lowest BCUT2D eigenvalue weighted by molar-refractivity contribution is -0.135. The molecule has 8 nitrogen and oxygen atoms in total. The van der Waals surface area contributed by atoms with Crippen molar-refractivity contribution in [3.63, 3.8) is 0 Å². The highest BCUT2D eigenvalue weighted by atomic mass is 16.5. The summed E-state index contributed by atoms with van der Waals surface area (Å²) in [5, 5.41) is 1.26. The van der Waals surface area contributed by atoms with Crippen molar-refractivity contribution in [2.75, 3.05) is 6.61 Å². The van der Waals surface area contributed by atoms with Crippen LogP contribution in [0, 0.1) is 0 Å². The lowest BCUT2D eigenvalue weighted by Gasteiger charge is -2.26. The van der Waals surface area contributed by atoms with E-state index in [-0.39, 0.29) is 30.7 Å². The Morgan fingerprint density at radius 2 is 1.90 bits per heavy atom. The van der Waals surface area contributed by atoms with Crippen LogP contribution >= 0.6 is 0 Å². The smallest absolute Gasteiger partial charge is 0.336 e. The monoisotopic (exact) mass is 419 g/mol. The molecule has 0 aliphatic heterocycles. The van der Waals surface area contributed by atoms with E-state index in [1.165, 1.54) is 6.07 Å². The molecule has 2 heterocycles. The zero-order chi connectivity index (χ0) is 22.0. The fourth-order valence-electron chi connectivity index (χ4n) is 3.29. The molecular formula is C23H21N3O5. The van der Waals surface area contributed by atoms with Crippen LogP contribution in [-0.2, 0) is 11.3 Å². The molecule has 0 saturated carbocycles. The van der Waals surface area contributed by atoms with E-state index >= 15 is 0 Å². The maximum atomic E-state index is 12.8. The molecule has 2 aromatic carbocycles. The Morgan fingerprint density at radius 1 is 1.13 bits per heavy atom. The van der Waals surface area contributed by atoms with Gasteiger partial charge in [0.2, 0.25) is 0 Å². The number of ether oxygens (including phenoxy) is 1. The van der Waals surface area contributed by atoms with E-state index < -0.39 is 5.63 Å². The Kier molecular flexibility index (Phi) is 5.53. The van der Waals surface area contributed by atoms with E-state index in [1.54, 1.807) is 47.4 Å². The van der Waals surface area contributed by atoms with Gasteiger partial charge in [-0.15, -0.1) is 0 Å². The maximum Gasteiger partial charge on any atom is 0.336 e. The van der Waals surface area contributed by atoms with Gasteiger partial charge >= 0.3 is 5.63 Å². The number of nitrogens with zero attached hydrogens (tertiary/aromatic N) is 2. The molecule has 0 saturated heterocycles. The molecular weight excluding hydrogens is 398 g/mol. The molecule has 8 heteroatoms. The van der Waals surface area contributed by atoms with E-state index in [9.17, 15) is 14.4 Å². The molecule has 0 unspecified atom stereocenters. The van der Waals surface area contributed by atoms with Crippen molar-refractivity contribution in [1.82, 2.24) is 14.9 Å². The molecule has 0 atom stereocenters. The van der Waals surface area contributed by atoms with Crippen LogP contribution in [0.2, 0.25) is 0 Å². The number of carbonyl (C=O) groups is 1. The average molecular weight is 419 g/mol. The highest BCUT2D eigenvalue weighted by molar-refractivity contribution is 5.80. The van der Waals surface area contributed by atoms with Crippen molar-refractivity contribution in [2.45, 2.75) is 26.4 Å². The van der Waals surface area contributed by atoms with Gasteiger partial charge in [0.25, 0.3) is 11.5 Å². The lowest BCUT2D eigenvalue weighted by atomic mass is 10.2. The molecule has 0 spiro atoms. The van der Waals surface area contributed by atoms with Crippen LogP contribution in [0.15, 0.2) is 68.6 Å². The number of nitrogens with one attached hydrogen (secondary N) is 1. The Balaban J connectivity index is 1.50. The van der Waals surface area contributed by atoms with E-state index in [1.807, 2.05) is 19.9 Å². The quantitative estimate of drug-likeness (QED) is 0.482. The first-order valence-electron chi connectivity index (χ1n) is 9.85. The number of fused-ring (bicyclic) bond motifs is 2. The number of para-hydroxylation sites is 1. The van der Waals surface area contributed by atoms with E-state index in [0.29, 0.717) is 28.1 Å². The third-order valence-electron chi connectivity index (χ3n) is 4.88. The second kappa shape index (κ2) is 8.43. The van der Waals surface area contributed by atoms with Gasteiger partial charge in [-0.3, -0.25) is 9.59 Å². The summed E-state index contributed by atoms with van der Waals surface area (Å²) in [6.07, 6.45) is 0. The van der Waals surface area contributed by atoms with E-state index in [2.05, 4.69) is 9.97 Å². The van der Waals surface area contributed by atoms with Gasteiger partial charge in [-0.1, -0.05) is 12.1 Å². The van der Waals surface area contributed by atoms with Gasteiger partial charge in [0.15, 0.2) is 6.61 Å². The summed E-state index contributed by atoms with van der Waals surface area (Å²) in [7, 11) is 0. The molecule has 0 aliphatic rings. The summed E-state index contributed by atoms with van der Waals surface area (Å²) in [4.78, 5) is 45.3. The third kappa shape index (κ3) is 4.48. The largest absolute Gasteiger partial charge is 0.484 e. The zero-order valence-corrected chi connectivity index (χ0v) is 17.1. The zero-order valence-electron chi connectivity index (χ0n) is 17.1. The minimum atomic E-state index is -0.455. The van der Waals surface area contributed by atoms with Gasteiger partial charge in [-0.25, -0.2) is 9.78 Å². The first-order valence-corrected chi connectivity index (χ1v) is 9.85. The number of rotatable bonds is 6. The van der Waals surface area contributed by atoms with Gasteiger partial charge < -0.3 is 19.0 Å². The highest BCUT2D eigenvalue weighted by Gasteiger charge is 2.19. The van der Waals surface area contributed by atoms with Gasteiger partial charge in [0, 0.05) is 23.6 Å². The molecule has 0 radical (unpaired) electrons. The number of benzene rings is 2. The van der Waals surface area contributed by atoms with Gasteiger partial charge in [0.1, 0.15) is 17.2 Å². The summed E-state index contributed by atoms with van der Waals surface area (Å²) < 4.78 is 10.8. The SMILES string of the molecule is CC(C)N(Cc1nc2ccccc2c(=O)[nH]1)C(=O)COc1ccc2ccc(=O)oc2c1. The fraction of sp³-hybridized carbons (Fsp3) is 0.217. The molecule has 31 heavy (non-hydrogen) atoms. The van der Waals surface area contributed by atoms with Gasteiger partial charge in [0.05, 0.1) is 17.4 Å². The summed E-state index contributed by atoms with van der Waals surface area (Å²) >= 11 is 0. The molecule has 158 valence electrons. The molecule has 2 aromatic heterocycles. The molecule has 0 aliphatic carbocycles. The molecule has 1 N–H and O–H groups in total. The first-order chi connectivity index (χ1) is 14.9. The van der Waals surface area contributed by atoms with Crippen molar-refractivity contribution in [2.24, 2.45) is 0 Å². The number of hydrogen-bond donors (Lipinski definition) is 1. The number of aromatic nitrogens is 2. The van der Waals surface area contributed by atoms with Crippen LogP contribution < -0.4 is 15.9 Å². The van der Waals surface area contributed by atoms with Crippen molar-refractivity contribution >= 4 is 27.8 Å². The number of carbonyl (C=O) groups excluding carboxylic acids is 1. The van der Waals surface area contributed by atoms with Crippen LogP contribution in [-0.4, -0.2) is 33.4 Å². The van der Waals surface area contributed by atoms with Crippen LogP contribution in [0.4, 0.5) is 0 Å². The van der Waals surface area contributed by atoms with Crippen molar-refractivity contribution in [3.8, 4) is 5.75 Å². The minimum absolute atomic E-state index is 0.137. The number of aromatic amines is 1. The topological polar surface area (TPSA) is 106 Å². The van der Waals surface area contributed by atoms with Gasteiger partial charge in [-0.2, -0.15) is 0 Å². The Morgan fingerprint density at radius 3 is 2.71 bits per heavy atom. The van der Waals surface area contributed by atoms with Crippen molar-refractivity contribution in [3.05, 3.63) is 81.2 Å². The van der Waals surface area contributed by atoms with E-state index in [0.717, 1.165) is 5.39 Å². The average Bonchev–Trinajstić information content (AvgIpc) is 2.75. The van der Waals surface area contributed by atoms with Crippen LogP contribution in [0.5, 0.6) is 5.75 Å². The molecule has 0 fully saturated rings. The predicted octanol–water partition coefficient (Wildman–Crippen LogP) is 2.85. The number of H-pyrrole nitrogens is 1. The van der Waals surface area contributed by atoms with Crippen molar-refractivity contribution < 1.29 is 13.9 Å². The number of hydrogen-bond acceptors (Lipinski definition) is 6. The minimum Gasteiger partial charge on any atom is -0.484 e. The lowest BCUT2D eigenvalue weighted by Crippen LogP contribution is -2.40. The fourth-order valence-corrected chi connectivity index (χ4v) is 3.29. The van der Waals surface area contributed by atoms with Crippen LogP contribution in [0.25, 0.3) is 21.9 Å². The molecule has 4 rings (SSSR count). The normalized spacial score (nSPS) is 11.2. The standard InChI is InChI=1S/C23H21N3O5/c1-14(2)26(12-20-24-18-6-4-3-5-17(18)23(29)25-20)21(27)13-30-16-9-7-15-8-10-22(28)31-19(15)11-16/h3-11,14H,12-13H2,1-2H3,(H,24,25,29). The molecule has 1 amide bonds. The second-order valence-electron chi connectivity index (χ2n) is 7.39.